The molecule has 3 N–H and O–H groups in total. The van der Waals surface area contributed by atoms with Crippen molar-refractivity contribution in [3.63, 3.8) is 0 Å². The van der Waals surface area contributed by atoms with Gasteiger partial charge < -0.3 is 20.7 Å². The molecule has 0 aromatic heterocycles. The minimum atomic E-state index is -0.170. The largest absolute Gasteiger partial charge is 0.497 e. The van der Waals surface area contributed by atoms with Crippen molar-refractivity contribution >= 4 is 23.2 Å². The predicted octanol–water partition coefficient (Wildman–Crippen LogP) is 2.50. The van der Waals surface area contributed by atoms with Crippen molar-refractivity contribution in [2.75, 3.05) is 30.8 Å². The molecule has 2 rings (SSSR count). The van der Waals surface area contributed by atoms with E-state index in [2.05, 4.69) is 16.0 Å². The van der Waals surface area contributed by atoms with Crippen LogP contribution in [0.2, 0.25) is 0 Å². The van der Waals surface area contributed by atoms with E-state index in [4.69, 9.17) is 4.74 Å². The number of hydrogen-bond donors (Lipinski definition) is 3. The van der Waals surface area contributed by atoms with Gasteiger partial charge in [-0.3, -0.25) is 9.59 Å². The van der Waals surface area contributed by atoms with Gasteiger partial charge in [-0.05, 0) is 55.5 Å². The Balaban J connectivity index is 1.84. The molecule has 0 bridgehead atoms. The average Bonchev–Trinajstić information content (AvgIpc) is 2.61. The van der Waals surface area contributed by atoms with Crippen LogP contribution >= 0.6 is 0 Å². The van der Waals surface area contributed by atoms with E-state index >= 15 is 0 Å². The van der Waals surface area contributed by atoms with Crippen LogP contribution in [0.25, 0.3) is 0 Å². The maximum Gasteiger partial charge on any atom is 0.251 e. The van der Waals surface area contributed by atoms with E-state index in [1.54, 1.807) is 31.4 Å². The molecule has 126 valence electrons. The van der Waals surface area contributed by atoms with Gasteiger partial charge in [-0.25, -0.2) is 0 Å². The lowest BCUT2D eigenvalue weighted by molar-refractivity contribution is -0.114. The van der Waals surface area contributed by atoms with E-state index < -0.39 is 0 Å². The second-order valence-corrected chi connectivity index (χ2v) is 5.07. The third kappa shape index (κ3) is 5.01. The highest BCUT2D eigenvalue weighted by Gasteiger charge is 2.06. The molecule has 0 aliphatic heterocycles. The zero-order valence-electron chi connectivity index (χ0n) is 13.8. The van der Waals surface area contributed by atoms with Crippen molar-refractivity contribution in [2.24, 2.45) is 0 Å². The van der Waals surface area contributed by atoms with E-state index in [1.165, 1.54) is 0 Å². The van der Waals surface area contributed by atoms with Crippen LogP contribution in [0.3, 0.4) is 0 Å². The van der Waals surface area contributed by atoms with Crippen LogP contribution in [-0.4, -0.2) is 32.0 Å². The molecular weight excluding hydrogens is 306 g/mol. The number of hydrogen-bond acceptors (Lipinski definition) is 4. The molecule has 6 heteroatoms. The summed E-state index contributed by atoms with van der Waals surface area (Å²) >= 11 is 0. The van der Waals surface area contributed by atoms with Crippen LogP contribution in [0.5, 0.6) is 5.75 Å². The number of nitrogens with one attached hydrogen (secondary N) is 3. The van der Waals surface area contributed by atoms with Gasteiger partial charge in [0.05, 0.1) is 13.7 Å². The highest BCUT2D eigenvalue weighted by atomic mass is 16.5. The standard InChI is InChI=1S/C18H21N3O3/c1-3-19-18(23)13-4-6-15(7-5-13)21-17(22)12-20-14-8-10-16(24-2)11-9-14/h4-11,20H,3,12H2,1-2H3,(H,19,23)(H,21,22). The molecule has 0 radical (unpaired) electrons. The fourth-order valence-electron chi connectivity index (χ4n) is 2.06. The number of carbonyl (C=O) groups excluding carboxylic acids is 2. The first-order valence-corrected chi connectivity index (χ1v) is 7.68. The van der Waals surface area contributed by atoms with E-state index in [1.807, 2.05) is 31.2 Å². The molecule has 0 fully saturated rings. The number of carbonyl (C=O) groups is 2. The molecule has 0 spiro atoms. The van der Waals surface area contributed by atoms with Gasteiger partial charge in [0, 0.05) is 23.5 Å². The Kier molecular flexibility index (Phi) is 6.19. The summed E-state index contributed by atoms with van der Waals surface area (Å²) in [4.78, 5) is 23.6. The van der Waals surface area contributed by atoms with Crippen molar-refractivity contribution in [2.45, 2.75) is 6.92 Å². The number of rotatable bonds is 7. The molecule has 0 aliphatic rings. The summed E-state index contributed by atoms with van der Waals surface area (Å²) in [6.45, 7) is 2.58. The van der Waals surface area contributed by atoms with Crippen molar-refractivity contribution in [1.29, 1.82) is 0 Å². The SMILES string of the molecule is CCNC(=O)c1ccc(NC(=O)CNc2ccc(OC)cc2)cc1. The first-order chi connectivity index (χ1) is 11.6. The summed E-state index contributed by atoms with van der Waals surface area (Å²) in [6, 6.07) is 14.1. The molecular formula is C18H21N3O3. The monoisotopic (exact) mass is 327 g/mol. The predicted molar refractivity (Wildman–Crippen MR) is 94.6 cm³/mol. The summed E-state index contributed by atoms with van der Waals surface area (Å²) in [7, 11) is 1.60. The van der Waals surface area contributed by atoms with Crippen LogP contribution in [0.4, 0.5) is 11.4 Å². The third-order valence-electron chi connectivity index (χ3n) is 3.31. The molecule has 0 atom stereocenters. The Morgan fingerprint density at radius 2 is 1.58 bits per heavy atom. The quantitative estimate of drug-likeness (QED) is 0.730. The molecule has 2 aromatic rings. The molecule has 0 saturated carbocycles. The summed E-state index contributed by atoms with van der Waals surface area (Å²) < 4.78 is 5.08. The molecule has 6 nitrogen and oxygen atoms in total. The van der Waals surface area contributed by atoms with E-state index in [0.29, 0.717) is 17.8 Å². The van der Waals surface area contributed by atoms with Crippen LogP contribution in [0.15, 0.2) is 48.5 Å². The molecule has 0 heterocycles. The first-order valence-electron chi connectivity index (χ1n) is 7.68. The lowest BCUT2D eigenvalue weighted by Crippen LogP contribution is -2.23. The van der Waals surface area contributed by atoms with Crippen molar-refractivity contribution < 1.29 is 14.3 Å². The molecule has 24 heavy (non-hydrogen) atoms. The fourth-order valence-corrected chi connectivity index (χ4v) is 2.06. The van der Waals surface area contributed by atoms with E-state index in [-0.39, 0.29) is 18.4 Å². The lowest BCUT2D eigenvalue weighted by atomic mass is 10.2. The molecule has 2 aromatic carbocycles. The summed E-state index contributed by atoms with van der Waals surface area (Å²) in [6.07, 6.45) is 0. The van der Waals surface area contributed by atoms with Gasteiger partial charge in [0.25, 0.3) is 5.91 Å². The number of methoxy groups -OCH3 is 1. The number of ether oxygens (including phenoxy) is 1. The first kappa shape index (κ1) is 17.3. The average molecular weight is 327 g/mol. The van der Waals surface area contributed by atoms with Gasteiger partial charge >= 0.3 is 0 Å². The lowest BCUT2D eigenvalue weighted by Gasteiger charge is -2.09. The summed E-state index contributed by atoms with van der Waals surface area (Å²) in [5.41, 5.74) is 2.04. The zero-order valence-corrected chi connectivity index (χ0v) is 13.8. The van der Waals surface area contributed by atoms with Crippen molar-refractivity contribution in [3.05, 3.63) is 54.1 Å². The van der Waals surface area contributed by atoms with Crippen LogP contribution in [0.1, 0.15) is 17.3 Å². The zero-order chi connectivity index (χ0) is 17.4. The minimum absolute atomic E-state index is 0.128. The Labute approximate surface area is 141 Å². The molecule has 0 unspecified atom stereocenters. The van der Waals surface area contributed by atoms with Crippen molar-refractivity contribution in [3.8, 4) is 5.75 Å². The highest BCUT2D eigenvalue weighted by molar-refractivity contribution is 5.96. The molecule has 0 saturated heterocycles. The molecule has 2 amide bonds. The Bertz CT molecular complexity index is 682. The summed E-state index contributed by atoms with van der Waals surface area (Å²) in [5, 5.41) is 8.53. The molecule has 0 aliphatic carbocycles. The second-order valence-electron chi connectivity index (χ2n) is 5.07. The normalized spacial score (nSPS) is 9.92. The van der Waals surface area contributed by atoms with Gasteiger partial charge in [-0.15, -0.1) is 0 Å². The number of anilines is 2. The van der Waals surface area contributed by atoms with Gasteiger partial charge in [-0.2, -0.15) is 0 Å². The van der Waals surface area contributed by atoms with Crippen LogP contribution < -0.4 is 20.7 Å². The van der Waals surface area contributed by atoms with Crippen LogP contribution in [0, 0.1) is 0 Å². The third-order valence-corrected chi connectivity index (χ3v) is 3.31. The topological polar surface area (TPSA) is 79.5 Å². The second kappa shape index (κ2) is 8.57. The maximum absolute atomic E-state index is 12.0. The van der Waals surface area contributed by atoms with Gasteiger partial charge in [0.15, 0.2) is 0 Å². The summed E-state index contributed by atoms with van der Waals surface area (Å²) in [5.74, 6) is 0.463. The fraction of sp³-hybridized carbons (Fsp3) is 0.222. The Hall–Kier alpha value is -3.02. The van der Waals surface area contributed by atoms with Gasteiger partial charge in [0.2, 0.25) is 5.91 Å². The van der Waals surface area contributed by atoms with E-state index in [9.17, 15) is 9.59 Å². The van der Waals surface area contributed by atoms with E-state index in [0.717, 1.165) is 11.4 Å². The minimum Gasteiger partial charge on any atom is -0.497 e. The number of amides is 2. The number of benzene rings is 2. The smallest absolute Gasteiger partial charge is 0.251 e. The highest BCUT2D eigenvalue weighted by Crippen LogP contribution is 2.15. The van der Waals surface area contributed by atoms with Crippen molar-refractivity contribution in [1.82, 2.24) is 5.32 Å². The van der Waals surface area contributed by atoms with Gasteiger partial charge in [-0.1, -0.05) is 0 Å². The Morgan fingerprint density at radius 1 is 0.958 bits per heavy atom. The van der Waals surface area contributed by atoms with Gasteiger partial charge in [0.1, 0.15) is 5.75 Å². The van der Waals surface area contributed by atoms with Crippen LogP contribution in [-0.2, 0) is 4.79 Å². The Morgan fingerprint density at radius 3 is 2.17 bits per heavy atom. The maximum atomic E-state index is 12.0.